The highest BCUT2D eigenvalue weighted by Gasteiger charge is 2.50. The first kappa shape index (κ1) is 22.4. The Morgan fingerprint density at radius 2 is 2.03 bits per heavy atom. The van der Waals surface area contributed by atoms with Crippen LogP contribution < -0.4 is 9.64 Å². The molecule has 0 amide bonds. The molecule has 0 radical (unpaired) electrons. The summed E-state index contributed by atoms with van der Waals surface area (Å²) < 4.78 is 46.4. The van der Waals surface area contributed by atoms with E-state index in [4.69, 9.17) is 9.84 Å². The molecule has 2 heterocycles. The number of benzene rings is 1. The molecule has 1 aliphatic carbocycles. The molecule has 2 aliphatic rings. The second kappa shape index (κ2) is 7.95. The molecule has 1 aromatic carbocycles. The fraction of sp³-hybridized carbons (Fsp3) is 0.478. The number of ether oxygens (including phenoxy) is 1. The minimum absolute atomic E-state index is 0.0934. The average molecular weight is 450 g/mol. The highest BCUT2D eigenvalue weighted by atomic mass is 19.4. The van der Waals surface area contributed by atoms with Gasteiger partial charge in [0.25, 0.3) is 0 Å². The molecular formula is C23H25F3N2O4. The summed E-state index contributed by atoms with van der Waals surface area (Å²) in [7, 11) is 1.62. The first-order chi connectivity index (χ1) is 15.0. The first-order valence-electron chi connectivity index (χ1n) is 10.5. The van der Waals surface area contributed by atoms with Gasteiger partial charge in [-0.05, 0) is 49.1 Å². The van der Waals surface area contributed by atoms with Crippen molar-refractivity contribution >= 4 is 11.8 Å². The van der Waals surface area contributed by atoms with Gasteiger partial charge in [0.15, 0.2) is 0 Å². The van der Waals surface area contributed by atoms with Crippen molar-refractivity contribution in [3.8, 4) is 5.75 Å². The lowest BCUT2D eigenvalue weighted by molar-refractivity contribution is -0.145. The Morgan fingerprint density at radius 3 is 2.69 bits per heavy atom. The van der Waals surface area contributed by atoms with E-state index in [-0.39, 0.29) is 11.9 Å². The number of aliphatic carboxylic acids is 1. The molecule has 2 aromatic rings. The molecule has 2 N–H and O–H groups in total. The number of aliphatic hydroxyl groups excluding tert-OH is 1. The number of pyridine rings is 1. The summed E-state index contributed by atoms with van der Waals surface area (Å²) >= 11 is 0. The van der Waals surface area contributed by atoms with Crippen molar-refractivity contribution in [1.29, 1.82) is 0 Å². The van der Waals surface area contributed by atoms with E-state index in [1.165, 1.54) is 19.2 Å². The molecule has 1 spiro atoms. The predicted octanol–water partition coefficient (Wildman–Crippen LogP) is 4.22. The quantitative estimate of drug-likeness (QED) is 0.710. The summed E-state index contributed by atoms with van der Waals surface area (Å²) in [4.78, 5) is 16.7. The zero-order chi connectivity index (χ0) is 23.3. The Labute approximate surface area is 183 Å². The van der Waals surface area contributed by atoms with Crippen LogP contribution in [0.4, 0.5) is 19.0 Å². The number of nitrogens with zero attached hydrogens (tertiary/aromatic N) is 2. The molecule has 0 unspecified atom stereocenters. The number of hydrogen-bond acceptors (Lipinski definition) is 5. The number of fused-ring (bicyclic) bond motifs is 1. The molecule has 1 aromatic heterocycles. The Balaban J connectivity index is 1.49. The van der Waals surface area contributed by atoms with Crippen LogP contribution in [0.2, 0.25) is 0 Å². The van der Waals surface area contributed by atoms with Gasteiger partial charge in [-0.15, -0.1) is 0 Å². The van der Waals surface area contributed by atoms with Crippen LogP contribution in [0.15, 0.2) is 36.5 Å². The van der Waals surface area contributed by atoms with Gasteiger partial charge in [-0.2, -0.15) is 13.2 Å². The van der Waals surface area contributed by atoms with Crippen LogP contribution in [0.25, 0.3) is 0 Å². The minimum Gasteiger partial charge on any atom is -0.487 e. The van der Waals surface area contributed by atoms with Crippen LogP contribution in [-0.2, 0) is 17.4 Å². The van der Waals surface area contributed by atoms with Crippen molar-refractivity contribution in [3.63, 3.8) is 0 Å². The summed E-state index contributed by atoms with van der Waals surface area (Å²) in [6.45, 7) is 1.44. The molecule has 1 aliphatic heterocycles. The highest BCUT2D eigenvalue weighted by molar-refractivity contribution is 5.70. The lowest BCUT2D eigenvalue weighted by Crippen LogP contribution is -2.59. The number of carboxylic acids is 1. The molecule has 0 bridgehead atoms. The van der Waals surface area contributed by atoms with Crippen molar-refractivity contribution in [2.45, 2.75) is 56.5 Å². The van der Waals surface area contributed by atoms with Gasteiger partial charge in [-0.1, -0.05) is 12.1 Å². The molecule has 1 saturated carbocycles. The van der Waals surface area contributed by atoms with Crippen LogP contribution in [0.1, 0.15) is 49.0 Å². The lowest BCUT2D eigenvalue weighted by atomic mass is 9.70. The van der Waals surface area contributed by atoms with Gasteiger partial charge in [-0.3, -0.25) is 4.79 Å². The van der Waals surface area contributed by atoms with E-state index in [1.54, 1.807) is 24.1 Å². The molecule has 9 heteroatoms. The number of aryl methyl sites for hydroxylation is 1. The molecule has 2 atom stereocenters. The number of anilines is 1. The van der Waals surface area contributed by atoms with E-state index in [2.05, 4.69) is 4.98 Å². The summed E-state index contributed by atoms with van der Waals surface area (Å²) in [5.41, 5.74) is 0.188. The van der Waals surface area contributed by atoms with E-state index in [9.17, 15) is 23.1 Å². The van der Waals surface area contributed by atoms with Crippen LogP contribution >= 0.6 is 0 Å². The number of carbonyl (C=O) groups is 1. The SMILES string of the molecule is C[C@H](C(=O)O)[C@@H](O)c1ccc2c(c1)OC1(CC2)CC(N(C)c2ncccc2C(F)(F)F)C1. The Kier molecular flexibility index (Phi) is 5.56. The van der Waals surface area contributed by atoms with E-state index >= 15 is 0 Å². The number of alkyl halides is 3. The number of hydrogen-bond donors (Lipinski definition) is 2. The highest BCUT2D eigenvalue weighted by Crippen LogP contribution is 2.48. The van der Waals surface area contributed by atoms with Gasteiger partial charge < -0.3 is 19.8 Å². The molecule has 6 nitrogen and oxygen atoms in total. The van der Waals surface area contributed by atoms with Crippen molar-refractivity contribution in [3.05, 3.63) is 53.2 Å². The van der Waals surface area contributed by atoms with Gasteiger partial charge in [0, 0.05) is 32.1 Å². The molecular weight excluding hydrogens is 425 g/mol. The summed E-state index contributed by atoms with van der Waals surface area (Å²) in [5.74, 6) is -1.55. The molecule has 32 heavy (non-hydrogen) atoms. The zero-order valence-corrected chi connectivity index (χ0v) is 17.8. The lowest BCUT2D eigenvalue weighted by Gasteiger charge is -2.53. The van der Waals surface area contributed by atoms with Crippen molar-refractivity contribution in [2.75, 3.05) is 11.9 Å². The fourth-order valence-corrected chi connectivity index (χ4v) is 4.56. The second-order valence-corrected chi connectivity index (χ2v) is 8.77. The Bertz CT molecular complexity index is 1020. The first-order valence-corrected chi connectivity index (χ1v) is 10.5. The standard InChI is InChI=1S/C23H25F3N2O4/c1-13(21(30)31)19(29)15-6-5-14-7-8-22(32-18(14)10-15)11-16(12-22)28(2)20-17(23(24,25)26)4-3-9-27-20/h3-6,9-10,13,16,19,29H,7-8,11-12H2,1-2H3,(H,30,31)/t13-,16?,19+,22?/m0/s1. The topological polar surface area (TPSA) is 82.9 Å². The maximum atomic E-state index is 13.4. The number of halogens is 3. The van der Waals surface area contributed by atoms with Gasteiger partial charge in [-0.25, -0.2) is 4.98 Å². The second-order valence-electron chi connectivity index (χ2n) is 8.77. The molecule has 1 fully saturated rings. The number of aromatic nitrogens is 1. The number of rotatable bonds is 5. The fourth-order valence-electron chi connectivity index (χ4n) is 4.56. The third-order valence-electron chi connectivity index (χ3n) is 6.66. The molecule has 4 rings (SSSR count). The normalized spacial score (nSPS) is 24.1. The molecule has 0 saturated heterocycles. The van der Waals surface area contributed by atoms with Crippen LogP contribution in [0.5, 0.6) is 5.75 Å². The van der Waals surface area contributed by atoms with E-state index in [1.807, 2.05) is 6.07 Å². The van der Waals surface area contributed by atoms with Gasteiger partial charge in [0.1, 0.15) is 17.2 Å². The van der Waals surface area contributed by atoms with Crippen LogP contribution in [0.3, 0.4) is 0 Å². The van der Waals surface area contributed by atoms with E-state index in [0.717, 1.165) is 24.5 Å². The van der Waals surface area contributed by atoms with E-state index in [0.29, 0.717) is 24.2 Å². The predicted molar refractivity (Wildman–Crippen MR) is 111 cm³/mol. The number of carboxylic acid groups (broad SMARTS) is 1. The summed E-state index contributed by atoms with van der Waals surface area (Å²) in [6.07, 6.45) is -1.70. The van der Waals surface area contributed by atoms with Crippen LogP contribution in [-0.4, -0.2) is 39.9 Å². The maximum Gasteiger partial charge on any atom is 0.419 e. The van der Waals surface area contributed by atoms with Gasteiger partial charge in [0.05, 0.1) is 17.6 Å². The smallest absolute Gasteiger partial charge is 0.419 e. The largest absolute Gasteiger partial charge is 0.487 e. The van der Waals surface area contributed by atoms with Crippen molar-refractivity contribution in [2.24, 2.45) is 5.92 Å². The Hall–Kier alpha value is -2.81. The Morgan fingerprint density at radius 1 is 1.31 bits per heavy atom. The molecule has 172 valence electrons. The summed E-state index contributed by atoms with van der Waals surface area (Å²) in [6, 6.07) is 7.39. The van der Waals surface area contributed by atoms with Crippen LogP contribution in [0, 0.1) is 5.92 Å². The van der Waals surface area contributed by atoms with Gasteiger partial charge in [0.2, 0.25) is 0 Å². The third kappa shape index (κ3) is 4.01. The summed E-state index contributed by atoms with van der Waals surface area (Å²) in [5, 5.41) is 19.5. The zero-order valence-electron chi connectivity index (χ0n) is 17.8. The maximum absolute atomic E-state index is 13.4. The monoisotopic (exact) mass is 450 g/mol. The van der Waals surface area contributed by atoms with Gasteiger partial charge >= 0.3 is 12.1 Å². The minimum atomic E-state index is -4.48. The number of aliphatic hydroxyl groups is 1. The van der Waals surface area contributed by atoms with Crippen molar-refractivity contribution in [1.82, 2.24) is 4.98 Å². The third-order valence-corrected chi connectivity index (χ3v) is 6.66. The van der Waals surface area contributed by atoms with E-state index < -0.39 is 35.3 Å². The average Bonchev–Trinajstić information content (AvgIpc) is 2.74. The van der Waals surface area contributed by atoms with Crippen molar-refractivity contribution < 1.29 is 32.9 Å².